The summed E-state index contributed by atoms with van der Waals surface area (Å²) in [4.78, 5) is 29.8. The number of anilines is 1. The normalized spacial score (nSPS) is 10.6. The van der Waals surface area contributed by atoms with E-state index in [1.807, 2.05) is 6.92 Å². The second kappa shape index (κ2) is 5.29. The first-order valence-corrected chi connectivity index (χ1v) is 7.33. The van der Waals surface area contributed by atoms with Crippen LogP contribution in [0.2, 0.25) is 0 Å². The molecule has 0 aromatic carbocycles. The molecule has 0 fully saturated rings. The van der Waals surface area contributed by atoms with E-state index in [4.69, 9.17) is 0 Å². The maximum atomic E-state index is 12.4. The molecular weight excluding hydrogens is 298 g/mol. The van der Waals surface area contributed by atoms with E-state index >= 15 is 0 Å². The van der Waals surface area contributed by atoms with E-state index in [0.29, 0.717) is 21.3 Å². The van der Waals surface area contributed by atoms with Gasteiger partial charge in [0, 0.05) is 7.05 Å². The first-order chi connectivity index (χ1) is 9.32. The number of carbonyl (C=O) groups is 2. The van der Waals surface area contributed by atoms with Crippen LogP contribution in [0.3, 0.4) is 0 Å². The molecule has 106 valence electrons. The Bertz CT molecular complexity index is 690. The number of carboxylic acids is 1. The van der Waals surface area contributed by atoms with E-state index in [1.54, 1.807) is 20.9 Å². The molecule has 8 heteroatoms. The predicted octanol–water partition coefficient (Wildman–Crippen LogP) is 2.50. The highest BCUT2D eigenvalue weighted by atomic mass is 32.1. The van der Waals surface area contributed by atoms with E-state index in [1.165, 1.54) is 16.2 Å². The number of hydrogen-bond donors (Lipinski definition) is 1. The number of hydrogen-bond acceptors (Lipinski definition) is 6. The Morgan fingerprint density at radius 2 is 1.85 bits per heavy atom. The summed E-state index contributed by atoms with van der Waals surface area (Å²) in [7, 11) is 1.55. The second-order valence-electron chi connectivity index (χ2n) is 4.26. The highest BCUT2D eigenvalue weighted by Gasteiger charge is 2.26. The van der Waals surface area contributed by atoms with Crippen molar-refractivity contribution in [1.82, 2.24) is 9.36 Å². The molecule has 0 unspecified atom stereocenters. The maximum Gasteiger partial charge on any atom is 0.340 e. The SMILES string of the molecule is Cc1nc(C)c(C(=O)N(C)c2snc(C)c2C(=O)O)s1. The number of aromatic carboxylic acids is 1. The van der Waals surface area contributed by atoms with E-state index in [-0.39, 0.29) is 11.5 Å². The smallest absolute Gasteiger partial charge is 0.340 e. The molecule has 2 heterocycles. The molecule has 1 amide bonds. The van der Waals surface area contributed by atoms with E-state index in [2.05, 4.69) is 9.36 Å². The molecule has 0 saturated heterocycles. The van der Waals surface area contributed by atoms with Crippen molar-refractivity contribution in [3.8, 4) is 0 Å². The highest BCUT2D eigenvalue weighted by molar-refractivity contribution is 7.14. The van der Waals surface area contributed by atoms with Gasteiger partial charge in [-0.05, 0) is 32.3 Å². The molecule has 6 nitrogen and oxygen atoms in total. The van der Waals surface area contributed by atoms with Gasteiger partial charge in [0.25, 0.3) is 5.91 Å². The third-order valence-corrected chi connectivity index (χ3v) is 4.84. The fourth-order valence-electron chi connectivity index (χ4n) is 1.81. The summed E-state index contributed by atoms with van der Waals surface area (Å²) in [6.45, 7) is 5.21. The zero-order valence-corrected chi connectivity index (χ0v) is 13.1. The number of amides is 1. The molecule has 0 aliphatic carbocycles. The Labute approximate surface area is 123 Å². The van der Waals surface area contributed by atoms with Gasteiger partial charge in [0.05, 0.1) is 16.4 Å². The van der Waals surface area contributed by atoms with Gasteiger partial charge in [0.2, 0.25) is 0 Å². The summed E-state index contributed by atoms with van der Waals surface area (Å²) in [5.74, 6) is -1.35. The zero-order chi connectivity index (χ0) is 15.0. The molecule has 0 spiro atoms. The lowest BCUT2D eigenvalue weighted by molar-refractivity contribution is 0.0697. The summed E-state index contributed by atoms with van der Waals surface area (Å²) >= 11 is 2.31. The van der Waals surface area contributed by atoms with Crippen molar-refractivity contribution in [1.29, 1.82) is 0 Å². The van der Waals surface area contributed by atoms with Gasteiger partial charge in [-0.1, -0.05) is 0 Å². The topological polar surface area (TPSA) is 83.4 Å². The summed E-state index contributed by atoms with van der Waals surface area (Å²) < 4.78 is 4.02. The first kappa shape index (κ1) is 14.6. The van der Waals surface area contributed by atoms with Crippen LogP contribution in [-0.2, 0) is 0 Å². The Morgan fingerprint density at radius 1 is 1.20 bits per heavy atom. The number of nitrogens with zero attached hydrogens (tertiary/aromatic N) is 3. The van der Waals surface area contributed by atoms with Crippen molar-refractivity contribution < 1.29 is 14.7 Å². The van der Waals surface area contributed by atoms with Gasteiger partial charge in [-0.3, -0.25) is 4.79 Å². The Hall–Kier alpha value is -1.80. The van der Waals surface area contributed by atoms with Gasteiger partial charge in [-0.15, -0.1) is 11.3 Å². The summed E-state index contributed by atoms with van der Waals surface area (Å²) in [5.41, 5.74) is 1.14. The van der Waals surface area contributed by atoms with Crippen LogP contribution in [0.15, 0.2) is 0 Å². The van der Waals surface area contributed by atoms with Crippen molar-refractivity contribution in [3.63, 3.8) is 0 Å². The van der Waals surface area contributed by atoms with Gasteiger partial charge in [-0.25, -0.2) is 9.78 Å². The van der Waals surface area contributed by atoms with Gasteiger partial charge in [0.1, 0.15) is 15.4 Å². The van der Waals surface area contributed by atoms with E-state index in [0.717, 1.165) is 16.5 Å². The van der Waals surface area contributed by atoms with Crippen LogP contribution in [0.5, 0.6) is 0 Å². The van der Waals surface area contributed by atoms with Gasteiger partial charge < -0.3 is 10.0 Å². The third-order valence-electron chi connectivity index (χ3n) is 2.77. The van der Waals surface area contributed by atoms with Crippen LogP contribution < -0.4 is 4.90 Å². The molecule has 2 rings (SSSR count). The Kier molecular flexibility index (Phi) is 3.87. The van der Waals surface area contributed by atoms with Crippen molar-refractivity contribution in [2.24, 2.45) is 0 Å². The van der Waals surface area contributed by atoms with Crippen LogP contribution >= 0.6 is 22.9 Å². The van der Waals surface area contributed by atoms with Crippen molar-refractivity contribution in [3.05, 3.63) is 26.8 Å². The maximum absolute atomic E-state index is 12.4. The average Bonchev–Trinajstić information content (AvgIpc) is 2.90. The first-order valence-electron chi connectivity index (χ1n) is 5.74. The monoisotopic (exact) mass is 311 g/mol. The van der Waals surface area contributed by atoms with Gasteiger partial charge in [-0.2, -0.15) is 4.37 Å². The highest BCUT2D eigenvalue weighted by Crippen LogP contribution is 2.30. The average molecular weight is 311 g/mol. The summed E-state index contributed by atoms with van der Waals surface area (Å²) in [5, 5.41) is 10.4. The lowest BCUT2D eigenvalue weighted by Crippen LogP contribution is -2.26. The minimum absolute atomic E-state index is 0.0738. The summed E-state index contributed by atoms with van der Waals surface area (Å²) in [6, 6.07) is 0. The van der Waals surface area contributed by atoms with E-state index < -0.39 is 5.97 Å². The van der Waals surface area contributed by atoms with Crippen LogP contribution in [0.1, 0.15) is 36.4 Å². The fraction of sp³-hybridized carbons (Fsp3) is 0.333. The Balaban J connectivity index is 2.42. The predicted molar refractivity (Wildman–Crippen MR) is 78.1 cm³/mol. The number of carboxylic acid groups (broad SMARTS) is 1. The molecule has 0 saturated carbocycles. The molecule has 2 aromatic heterocycles. The van der Waals surface area contributed by atoms with Crippen molar-refractivity contribution in [2.75, 3.05) is 11.9 Å². The van der Waals surface area contributed by atoms with Gasteiger partial charge in [0.15, 0.2) is 0 Å². The number of aryl methyl sites for hydroxylation is 3. The standard InChI is InChI=1S/C12H13N3O3S2/c1-5-8(12(17)18)11(20-14-5)15(4)10(16)9-6(2)13-7(3)19-9/h1-4H3,(H,17,18). The number of carbonyl (C=O) groups excluding carboxylic acids is 1. The molecule has 20 heavy (non-hydrogen) atoms. The largest absolute Gasteiger partial charge is 0.478 e. The zero-order valence-electron chi connectivity index (χ0n) is 11.4. The molecule has 0 radical (unpaired) electrons. The number of thiazole rings is 1. The molecule has 0 atom stereocenters. The minimum atomic E-state index is -1.08. The molecule has 2 aromatic rings. The van der Waals surface area contributed by atoms with Crippen LogP contribution in [-0.4, -0.2) is 33.4 Å². The lowest BCUT2D eigenvalue weighted by atomic mass is 10.2. The summed E-state index contributed by atoms with van der Waals surface area (Å²) in [6.07, 6.45) is 0. The fourth-order valence-corrected chi connectivity index (χ4v) is 3.55. The number of aromatic nitrogens is 2. The van der Waals surface area contributed by atoms with Gasteiger partial charge >= 0.3 is 5.97 Å². The van der Waals surface area contributed by atoms with E-state index in [9.17, 15) is 14.7 Å². The van der Waals surface area contributed by atoms with Crippen molar-refractivity contribution in [2.45, 2.75) is 20.8 Å². The minimum Gasteiger partial charge on any atom is -0.478 e. The van der Waals surface area contributed by atoms with Crippen LogP contribution in [0, 0.1) is 20.8 Å². The second-order valence-corrected chi connectivity index (χ2v) is 6.22. The number of rotatable bonds is 3. The molecule has 0 aliphatic rings. The quantitative estimate of drug-likeness (QED) is 0.941. The third kappa shape index (κ3) is 2.44. The lowest BCUT2D eigenvalue weighted by Gasteiger charge is -2.15. The van der Waals surface area contributed by atoms with Crippen LogP contribution in [0.25, 0.3) is 0 Å². The molecule has 0 aliphatic heterocycles. The molecular formula is C12H13N3O3S2. The van der Waals surface area contributed by atoms with Crippen molar-refractivity contribution >= 4 is 39.7 Å². The molecule has 0 bridgehead atoms. The van der Waals surface area contributed by atoms with Crippen LogP contribution in [0.4, 0.5) is 5.00 Å². The molecule has 1 N–H and O–H groups in total. The Morgan fingerprint density at radius 3 is 2.35 bits per heavy atom.